The third-order valence-corrected chi connectivity index (χ3v) is 8.16. The summed E-state index contributed by atoms with van der Waals surface area (Å²) in [5.41, 5.74) is -3.32. The van der Waals surface area contributed by atoms with Gasteiger partial charge in [-0.1, -0.05) is 25.8 Å². The highest BCUT2D eigenvalue weighted by Gasteiger charge is 2.41. The molecule has 0 radical (unpaired) electrons. The maximum atomic E-state index is 15.0. The second kappa shape index (κ2) is 11.6. The minimum absolute atomic E-state index is 0.0180. The van der Waals surface area contributed by atoms with Crippen LogP contribution in [0.4, 0.5) is 43.9 Å². The van der Waals surface area contributed by atoms with Crippen molar-refractivity contribution in [3.8, 4) is 5.75 Å². The quantitative estimate of drug-likeness (QED) is 0.308. The van der Waals surface area contributed by atoms with E-state index in [-0.39, 0.29) is 23.6 Å². The van der Waals surface area contributed by atoms with Gasteiger partial charge in [-0.15, -0.1) is 0 Å². The summed E-state index contributed by atoms with van der Waals surface area (Å²) in [5.74, 6) is -9.43. The topological polar surface area (TPSA) is 9.23 Å². The van der Waals surface area contributed by atoms with Crippen LogP contribution in [-0.2, 0) is 6.11 Å². The molecule has 0 N–H and O–H groups in total. The molecule has 0 unspecified atom stereocenters. The highest BCUT2D eigenvalue weighted by Crippen LogP contribution is 2.45. The zero-order valence-corrected chi connectivity index (χ0v) is 21.5. The third kappa shape index (κ3) is 6.77. The van der Waals surface area contributed by atoms with Gasteiger partial charge in [0.2, 0.25) is 0 Å². The third-order valence-electron chi connectivity index (χ3n) is 8.16. The lowest BCUT2D eigenvalue weighted by atomic mass is 9.68. The van der Waals surface area contributed by atoms with E-state index in [0.29, 0.717) is 36.7 Å². The molecule has 40 heavy (non-hydrogen) atoms. The SMILES string of the molecule is CC1CCC(C2CCC(c3ccc(C(F)(F)Oc4cc(F)c(/C(F)=C/C(F)(F)F)c(F)c4)c(F)c3F)CC2)CC1. The molecule has 2 aromatic carbocycles. The van der Waals surface area contributed by atoms with Crippen LogP contribution in [0.1, 0.15) is 80.9 Å². The standard InChI is InChI=1S/C29H28F10O/c1-15-2-4-16(5-3-15)17-6-8-18(9-7-17)20-10-11-21(27(34)26(20)33)29(38,39)40-19-12-22(30)25(23(31)13-19)24(32)14-28(35,36)37/h10-18H,2-9H2,1H3/b24-14-. The van der Waals surface area contributed by atoms with Crippen LogP contribution in [0.3, 0.4) is 0 Å². The molecule has 2 aliphatic carbocycles. The van der Waals surface area contributed by atoms with Gasteiger partial charge in [0.1, 0.15) is 28.8 Å². The highest BCUT2D eigenvalue weighted by molar-refractivity contribution is 5.61. The van der Waals surface area contributed by atoms with Gasteiger partial charge in [-0.25, -0.2) is 22.0 Å². The second-order valence-electron chi connectivity index (χ2n) is 10.9. The first-order valence-corrected chi connectivity index (χ1v) is 13.2. The molecule has 11 heteroatoms. The van der Waals surface area contributed by atoms with E-state index in [9.17, 15) is 43.9 Å². The molecule has 4 rings (SSSR count). The van der Waals surface area contributed by atoms with E-state index in [0.717, 1.165) is 31.7 Å². The van der Waals surface area contributed by atoms with Crippen molar-refractivity contribution in [3.05, 3.63) is 70.3 Å². The number of alkyl halides is 5. The van der Waals surface area contributed by atoms with Crippen molar-refractivity contribution in [2.24, 2.45) is 17.8 Å². The van der Waals surface area contributed by atoms with Crippen LogP contribution in [0.15, 0.2) is 30.3 Å². The first-order chi connectivity index (χ1) is 18.7. The van der Waals surface area contributed by atoms with Crippen LogP contribution in [0, 0.1) is 41.0 Å². The molecule has 0 spiro atoms. The van der Waals surface area contributed by atoms with Crippen molar-refractivity contribution in [1.82, 2.24) is 0 Å². The van der Waals surface area contributed by atoms with Gasteiger partial charge >= 0.3 is 12.3 Å². The Labute approximate surface area is 225 Å². The lowest BCUT2D eigenvalue weighted by Crippen LogP contribution is -2.26. The number of benzene rings is 2. The molecule has 2 fully saturated rings. The normalized spacial score (nSPS) is 24.7. The van der Waals surface area contributed by atoms with Gasteiger partial charge < -0.3 is 4.74 Å². The lowest BCUT2D eigenvalue weighted by molar-refractivity contribution is -0.187. The van der Waals surface area contributed by atoms with Gasteiger partial charge in [0.15, 0.2) is 11.6 Å². The van der Waals surface area contributed by atoms with Crippen molar-refractivity contribution < 1.29 is 48.6 Å². The summed E-state index contributed by atoms with van der Waals surface area (Å²) in [5, 5.41) is 0. The number of hydrogen-bond donors (Lipinski definition) is 0. The number of allylic oxidation sites excluding steroid dienone is 1. The molecule has 0 saturated heterocycles. The Bertz CT molecular complexity index is 1210. The highest BCUT2D eigenvalue weighted by atomic mass is 19.4. The van der Waals surface area contributed by atoms with Gasteiger partial charge in [0.05, 0.1) is 11.6 Å². The molecule has 2 saturated carbocycles. The van der Waals surface area contributed by atoms with E-state index >= 15 is 0 Å². The molecule has 1 nitrogen and oxygen atoms in total. The Hall–Kier alpha value is -2.72. The molecule has 0 amide bonds. The van der Waals surface area contributed by atoms with Gasteiger partial charge in [0.25, 0.3) is 0 Å². The van der Waals surface area contributed by atoms with Crippen LogP contribution < -0.4 is 4.74 Å². The van der Waals surface area contributed by atoms with E-state index < -0.39 is 64.3 Å². The van der Waals surface area contributed by atoms with Gasteiger partial charge in [-0.3, -0.25) is 0 Å². The van der Waals surface area contributed by atoms with E-state index in [1.54, 1.807) is 0 Å². The van der Waals surface area contributed by atoms with Crippen molar-refractivity contribution in [3.63, 3.8) is 0 Å². The van der Waals surface area contributed by atoms with Crippen molar-refractivity contribution in [2.45, 2.75) is 76.5 Å². The van der Waals surface area contributed by atoms with Crippen LogP contribution in [0.25, 0.3) is 5.83 Å². The molecular formula is C29H28F10O. The van der Waals surface area contributed by atoms with Crippen molar-refractivity contribution in [2.75, 3.05) is 0 Å². The zero-order valence-electron chi connectivity index (χ0n) is 21.5. The summed E-state index contributed by atoms with van der Waals surface area (Å²) in [6, 6.07) is 1.71. The van der Waals surface area contributed by atoms with Crippen LogP contribution in [0.2, 0.25) is 0 Å². The molecular weight excluding hydrogens is 554 g/mol. The molecule has 2 aromatic rings. The smallest absolute Gasteiger partial charge is 0.429 e. The summed E-state index contributed by atoms with van der Waals surface area (Å²) in [6.07, 6.45) is -3.38. The lowest BCUT2D eigenvalue weighted by Gasteiger charge is -2.37. The molecule has 0 bridgehead atoms. The summed E-state index contributed by atoms with van der Waals surface area (Å²) >= 11 is 0. The molecule has 0 aromatic heterocycles. The van der Waals surface area contributed by atoms with E-state index in [4.69, 9.17) is 0 Å². The molecule has 2 aliphatic rings. The molecule has 220 valence electrons. The second-order valence-corrected chi connectivity index (χ2v) is 10.9. The Balaban J connectivity index is 1.48. The first kappa shape index (κ1) is 30.2. The molecule has 0 heterocycles. The average molecular weight is 583 g/mol. The predicted octanol–water partition coefficient (Wildman–Crippen LogP) is 10.3. The minimum atomic E-state index is -5.24. The average Bonchev–Trinajstić information content (AvgIpc) is 2.84. The zero-order chi connectivity index (χ0) is 29.4. The van der Waals surface area contributed by atoms with E-state index in [1.165, 1.54) is 12.8 Å². The number of hydrogen-bond acceptors (Lipinski definition) is 1. The van der Waals surface area contributed by atoms with Crippen LogP contribution >= 0.6 is 0 Å². The fourth-order valence-corrected chi connectivity index (χ4v) is 6.02. The number of rotatable bonds is 6. The minimum Gasteiger partial charge on any atom is -0.429 e. The van der Waals surface area contributed by atoms with E-state index in [1.807, 2.05) is 0 Å². The summed E-state index contributed by atoms with van der Waals surface area (Å²) < 4.78 is 143. The number of halogens is 10. The summed E-state index contributed by atoms with van der Waals surface area (Å²) in [6.45, 7) is 2.23. The Kier molecular flexibility index (Phi) is 8.80. The molecule has 0 aliphatic heterocycles. The summed E-state index contributed by atoms with van der Waals surface area (Å²) in [7, 11) is 0. The van der Waals surface area contributed by atoms with E-state index in [2.05, 4.69) is 11.7 Å². The van der Waals surface area contributed by atoms with Crippen molar-refractivity contribution in [1.29, 1.82) is 0 Å². The Morgan fingerprint density at radius 2 is 1.30 bits per heavy atom. The fraction of sp³-hybridized carbons (Fsp3) is 0.517. The number of ether oxygens (including phenoxy) is 1. The largest absolute Gasteiger partial charge is 0.429 e. The fourth-order valence-electron chi connectivity index (χ4n) is 6.02. The molecule has 0 atom stereocenters. The maximum Gasteiger partial charge on any atom is 0.429 e. The van der Waals surface area contributed by atoms with Gasteiger partial charge in [-0.05, 0) is 73.8 Å². The van der Waals surface area contributed by atoms with Crippen LogP contribution in [0.5, 0.6) is 5.75 Å². The van der Waals surface area contributed by atoms with Crippen molar-refractivity contribution >= 4 is 5.83 Å². The van der Waals surface area contributed by atoms with Gasteiger partial charge in [0, 0.05) is 12.1 Å². The Morgan fingerprint density at radius 3 is 1.82 bits per heavy atom. The summed E-state index contributed by atoms with van der Waals surface area (Å²) in [4.78, 5) is 0. The Morgan fingerprint density at radius 1 is 0.775 bits per heavy atom. The van der Waals surface area contributed by atoms with Crippen LogP contribution in [-0.4, -0.2) is 6.18 Å². The predicted molar refractivity (Wildman–Crippen MR) is 128 cm³/mol. The maximum absolute atomic E-state index is 15.0. The monoisotopic (exact) mass is 582 g/mol. The van der Waals surface area contributed by atoms with Gasteiger partial charge in [-0.2, -0.15) is 22.0 Å². The first-order valence-electron chi connectivity index (χ1n) is 13.2.